The fraction of sp³-hybridized carbons (Fsp3) is 0.583. The third kappa shape index (κ3) is 3.81. The van der Waals surface area contributed by atoms with Gasteiger partial charge < -0.3 is 9.80 Å². The summed E-state index contributed by atoms with van der Waals surface area (Å²) in [5.74, 6) is -0.0476. The van der Waals surface area contributed by atoms with E-state index in [4.69, 9.17) is 0 Å². The first-order valence-electron chi connectivity index (χ1n) is 11.3. The van der Waals surface area contributed by atoms with Gasteiger partial charge in [-0.15, -0.1) is 0 Å². The average Bonchev–Trinajstić information content (AvgIpc) is 2.81. The van der Waals surface area contributed by atoms with Crippen molar-refractivity contribution in [3.8, 4) is 0 Å². The summed E-state index contributed by atoms with van der Waals surface area (Å²) in [7, 11) is -3.21. The number of carbonyl (C=O) groups is 2. The first-order chi connectivity index (χ1) is 14.8. The maximum absolute atomic E-state index is 14.1. The first kappa shape index (κ1) is 22.1. The minimum atomic E-state index is -3.21. The molecular formula is C24H32N2O4S. The highest BCUT2D eigenvalue weighted by molar-refractivity contribution is 7.92. The largest absolute Gasteiger partial charge is 0.339 e. The number of amides is 2. The summed E-state index contributed by atoms with van der Waals surface area (Å²) >= 11 is 0. The van der Waals surface area contributed by atoms with Crippen molar-refractivity contribution in [2.75, 3.05) is 31.9 Å². The molecule has 0 N–H and O–H groups in total. The van der Waals surface area contributed by atoms with Crippen LogP contribution in [0.3, 0.4) is 0 Å². The molecule has 0 unspecified atom stereocenters. The normalized spacial score (nSPS) is 24.5. The van der Waals surface area contributed by atoms with Gasteiger partial charge in [-0.05, 0) is 37.3 Å². The van der Waals surface area contributed by atoms with Gasteiger partial charge >= 0.3 is 0 Å². The second-order valence-corrected chi connectivity index (χ2v) is 11.8. The molecule has 0 bridgehead atoms. The lowest BCUT2D eigenvalue weighted by Gasteiger charge is -2.48. The molecule has 1 aliphatic carbocycles. The van der Waals surface area contributed by atoms with Gasteiger partial charge in [-0.1, -0.05) is 56.2 Å². The number of rotatable bonds is 3. The Bertz CT molecular complexity index is 943. The molecule has 31 heavy (non-hydrogen) atoms. The van der Waals surface area contributed by atoms with Crippen molar-refractivity contribution < 1.29 is 18.0 Å². The second-order valence-electron chi connectivity index (χ2n) is 9.27. The summed E-state index contributed by atoms with van der Waals surface area (Å²) < 4.78 is 25.2. The fourth-order valence-electron chi connectivity index (χ4n) is 5.73. The molecule has 0 atom stereocenters. The molecule has 2 aliphatic heterocycles. The summed E-state index contributed by atoms with van der Waals surface area (Å²) in [5, 5.41) is 0. The summed E-state index contributed by atoms with van der Waals surface area (Å²) in [6, 6.07) is 9.78. The Morgan fingerprint density at radius 1 is 0.903 bits per heavy atom. The molecule has 168 valence electrons. The molecule has 7 heteroatoms. The molecule has 0 radical (unpaired) electrons. The standard InChI is InChI=1S/C24H32N2O4S/c1-2-21(27)25-15-13-24(14-16-25,20-9-5-3-6-10-20)22(28)26-17-18-31(29,30)23(19-26)11-7-4-8-12-23/h2-3,5-6,9-10H,1,4,7-8,11-19H2. The van der Waals surface area contributed by atoms with Gasteiger partial charge in [0.25, 0.3) is 0 Å². The van der Waals surface area contributed by atoms with E-state index in [0.29, 0.717) is 45.3 Å². The van der Waals surface area contributed by atoms with Gasteiger partial charge in [0.1, 0.15) is 0 Å². The molecule has 1 aromatic carbocycles. The molecule has 2 saturated heterocycles. The van der Waals surface area contributed by atoms with Crippen LogP contribution < -0.4 is 0 Å². The van der Waals surface area contributed by atoms with Crippen molar-refractivity contribution in [1.29, 1.82) is 0 Å². The Morgan fingerprint density at radius 2 is 1.55 bits per heavy atom. The van der Waals surface area contributed by atoms with Crippen LogP contribution in [-0.2, 0) is 24.8 Å². The third-order valence-corrected chi connectivity index (χ3v) is 10.2. The minimum Gasteiger partial charge on any atom is -0.339 e. The maximum atomic E-state index is 14.1. The van der Waals surface area contributed by atoms with E-state index >= 15 is 0 Å². The lowest BCUT2D eigenvalue weighted by Crippen LogP contribution is -2.62. The van der Waals surface area contributed by atoms with Gasteiger partial charge in [-0.3, -0.25) is 9.59 Å². The first-order valence-corrected chi connectivity index (χ1v) is 13.0. The van der Waals surface area contributed by atoms with Crippen LogP contribution in [0.2, 0.25) is 0 Å². The smallest absolute Gasteiger partial charge is 0.245 e. The zero-order valence-corrected chi connectivity index (χ0v) is 18.9. The van der Waals surface area contributed by atoms with E-state index in [9.17, 15) is 18.0 Å². The topological polar surface area (TPSA) is 74.8 Å². The number of benzene rings is 1. The van der Waals surface area contributed by atoms with Crippen molar-refractivity contribution in [2.24, 2.45) is 0 Å². The van der Waals surface area contributed by atoms with Gasteiger partial charge in [0.05, 0.1) is 15.9 Å². The van der Waals surface area contributed by atoms with Gasteiger partial charge in [0.15, 0.2) is 9.84 Å². The molecule has 3 aliphatic rings. The van der Waals surface area contributed by atoms with Crippen LogP contribution in [0.4, 0.5) is 0 Å². The number of nitrogens with zero attached hydrogens (tertiary/aromatic N) is 2. The number of hydrogen-bond donors (Lipinski definition) is 0. The van der Waals surface area contributed by atoms with Gasteiger partial charge in [0, 0.05) is 26.2 Å². The van der Waals surface area contributed by atoms with E-state index in [2.05, 4.69) is 6.58 Å². The molecule has 2 heterocycles. The fourth-order valence-corrected chi connectivity index (χ4v) is 7.89. The van der Waals surface area contributed by atoms with Gasteiger partial charge in [-0.25, -0.2) is 8.42 Å². The van der Waals surface area contributed by atoms with Crippen LogP contribution in [0, 0.1) is 0 Å². The van der Waals surface area contributed by atoms with E-state index in [1.165, 1.54) is 6.08 Å². The predicted octanol–water partition coefficient (Wildman–Crippen LogP) is 2.69. The molecule has 1 saturated carbocycles. The number of likely N-dealkylation sites (tertiary alicyclic amines) is 1. The summed E-state index contributed by atoms with van der Waals surface area (Å²) in [6.45, 7) is 5.12. The van der Waals surface area contributed by atoms with E-state index in [-0.39, 0.29) is 24.1 Å². The molecule has 1 aromatic rings. The zero-order valence-electron chi connectivity index (χ0n) is 18.1. The van der Waals surface area contributed by atoms with E-state index in [1.54, 1.807) is 4.90 Å². The van der Waals surface area contributed by atoms with Gasteiger partial charge in [-0.2, -0.15) is 0 Å². The highest BCUT2D eigenvalue weighted by Crippen LogP contribution is 2.42. The number of carbonyl (C=O) groups excluding carboxylic acids is 2. The van der Waals surface area contributed by atoms with E-state index in [0.717, 1.165) is 24.8 Å². The average molecular weight is 445 g/mol. The van der Waals surface area contributed by atoms with Crippen LogP contribution in [0.1, 0.15) is 50.5 Å². The summed E-state index contributed by atoms with van der Waals surface area (Å²) in [4.78, 5) is 29.7. The maximum Gasteiger partial charge on any atom is 0.245 e. The third-order valence-electron chi connectivity index (χ3n) is 7.66. The van der Waals surface area contributed by atoms with Crippen LogP contribution in [0.5, 0.6) is 0 Å². The zero-order chi connectivity index (χ0) is 22.1. The lowest BCUT2D eigenvalue weighted by molar-refractivity contribution is -0.142. The van der Waals surface area contributed by atoms with Crippen LogP contribution >= 0.6 is 0 Å². The Balaban J connectivity index is 1.64. The summed E-state index contributed by atoms with van der Waals surface area (Å²) in [6.07, 6.45) is 6.56. The highest BCUT2D eigenvalue weighted by Gasteiger charge is 2.53. The van der Waals surface area contributed by atoms with E-state index < -0.39 is 20.0 Å². The highest BCUT2D eigenvalue weighted by atomic mass is 32.2. The molecular weight excluding hydrogens is 412 g/mol. The molecule has 3 fully saturated rings. The molecule has 0 aromatic heterocycles. The Labute approximate surface area is 185 Å². The predicted molar refractivity (Wildman–Crippen MR) is 120 cm³/mol. The quantitative estimate of drug-likeness (QED) is 0.672. The Kier molecular flexibility index (Phi) is 5.99. The second kappa shape index (κ2) is 8.41. The van der Waals surface area contributed by atoms with Gasteiger partial charge in [0.2, 0.25) is 11.8 Å². The molecule has 1 spiro atoms. The Hall–Kier alpha value is -2.15. The summed E-state index contributed by atoms with van der Waals surface area (Å²) in [5.41, 5.74) is 0.229. The minimum absolute atomic E-state index is 0.0178. The van der Waals surface area contributed by atoms with Crippen molar-refractivity contribution in [3.05, 3.63) is 48.6 Å². The van der Waals surface area contributed by atoms with Crippen LogP contribution in [-0.4, -0.2) is 66.7 Å². The van der Waals surface area contributed by atoms with Crippen LogP contribution in [0.15, 0.2) is 43.0 Å². The van der Waals surface area contributed by atoms with Crippen molar-refractivity contribution in [2.45, 2.75) is 55.1 Å². The number of piperidine rings is 1. The van der Waals surface area contributed by atoms with Crippen molar-refractivity contribution in [1.82, 2.24) is 9.80 Å². The number of sulfone groups is 1. The van der Waals surface area contributed by atoms with Crippen LogP contribution in [0.25, 0.3) is 0 Å². The number of hydrogen-bond acceptors (Lipinski definition) is 4. The van der Waals surface area contributed by atoms with E-state index in [1.807, 2.05) is 35.2 Å². The molecule has 2 amide bonds. The monoisotopic (exact) mass is 444 g/mol. The Morgan fingerprint density at radius 3 is 2.16 bits per heavy atom. The SMILES string of the molecule is C=CC(=O)N1CCC(C(=O)N2CCS(=O)(=O)C3(CCCCC3)C2)(c2ccccc2)CC1. The van der Waals surface area contributed by atoms with Crippen molar-refractivity contribution >= 4 is 21.7 Å². The lowest BCUT2D eigenvalue weighted by atomic mass is 9.71. The molecule has 6 nitrogen and oxygen atoms in total. The molecule has 4 rings (SSSR count). The van der Waals surface area contributed by atoms with Crippen molar-refractivity contribution in [3.63, 3.8) is 0 Å².